The van der Waals surface area contributed by atoms with Crippen molar-refractivity contribution in [1.29, 1.82) is 0 Å². The number of hydrogen-bond donors (Lipinski definition) is 0. The molecular weight excluding hydrogens is 408 g/mol. The van der Waals surface area contributed by atoms with Gasteiger partial charge in [0.2, 0.25) is 6.79 Å². The normalized spacial score (nSPS) is 23.9. The molecule has 31 heavy (non-hydrogen) atoms. The Morgan fingerprint density at radius 1 is 1.06 bits per heavy atom. The van der Waals surface area contributed by atoms with E-state index in [1.807, 2.05) is 30.1 Å². The lowest BCUT2D eigenvalue weighted by atomic mass is 9.96. The summed E-state index contributed by atoms with van der Waals surface area (Å²) in [7, 11) is 0. The fourth-order valence-electron chi connectivity index (χ4n) is 4.96. The van der Waals surface area contributed by atoms with Crippen LogP contribution in [0, 0.1) is 13.8 Å². The van der Waals surface area contributed by atoms with Crippen LogP contribution in [0.5, 0.6) is 11.5 Å². The third-order valence-electron chi connectivity index (χ3n) is 6.28. The third kappa shape index (κ3) is 2.94. The second-order valence-electron chi connectivity index (χ2n) is 8.34. The van der Waals surface area contributed by atoms with E-state index in [0.29, 0.717) is 5.25 Å². The van der Waals surface area contributed by atoms with Crippen LogP contribution in [-0.4, -0.2) is 38.2 Å². The number of pyridine rings is 1. The van der Waals surface area contributed by atoms with E-state index < -0.39 is 0 Å². The van der Waals surface area contributed by atoms with Crippen LogP contribution in [0.3, 0.4) is 0 Å². The van der Waals surface area contributed by atoms with E-state index in [0.717, 1.165) is 34.6 Å². The molecule has 0 radical (unpaired) electrons. The minimum atomic E-state index is 0.00176. The second kappa shape index (κ2) is 7.05. The van der Waals surface area contributed by atoms with Gasteiger partial charge < -0.3 is 18.9 Å². The van der Waals surface area contributed by atoms with Crippen LogP contribution in [0.25, 0.3) is 5.69 Å². The average Bonchev–Trinajstić information content (AvgIpc) is 3.51. The number of aromatic nitrogens is 2. The molecule has 7 heteroatoms. The minimum Gasteiger partial charge on any atom is -0.454 e. The van der Waals surface area contributed by atoms with Crippen molar-refractivity contribution in [2.45, 2.75) is 38.1 Å². The summed E-state index contributed by atoms with van der Waals surface area (Å²) in [5.74, 6) is 1.60. The summed E-state index contributed by atoms with van der Waals surface area (Å²) in [5.41, 5.74) is 5.83. The number of fused-ring (bicyclic) bond motifs is 2. The fraction of sp³-hybridized carbons (Fsp3) is 0.333. The molecule has 1 saturated heterocycles. The number of hydrogen-bond acceptors (Lipinski definition) is 6. The molecule has 3 aliphatic heterocycles. The number of nitrogens with zero attached hydrogens (tertiary/aromatic N) is 4. The van der Waals surface area contributed by atoms with Crippen LogP contribution in [0.15, 0.2) is 53.7 Å². The van der Waals surface area contributed by atoms with Crippen molar-refractivity contribution in [3.05, 3.63) is 71.3 Å². The van der Waals surface area contributed by atoms with Crippen molar-refractivity contribution < 1.29 is 9.47 Å². The van der Waals surface area contributed by atoms with Gasteiger partial charge in [-0.1, -0.05) is 24.8 Å². The maximum absolute atomic E-state index is 5.62. The first kappa shape index (κ1) is 18.8. The monoisotopic (exact) mass is 432 g/mol. The predicted octanol–water partition coefficient (Wildman–Crippen LogP) is 4.81. The number of aliphatic imine (C=N–C) groups is 1. The molecule has 6 rings (SSSR count). The summed E-state index contributed by atoms with van der Waals surface area (Å²) >= 11 is 1.87. The first-order valence-corrected chi connectivity index (χ1v) is 11.5. The van der Waals surface area contributed by atoms with Crippen molar-refractivity contribution in [1.82, 2.24) is 14.5 Å². The molecule has 3 aliphatic rings. The summed E-state index contributed by atoms with van der Waals surface area (Å²) in [6.07, 6.45) is 1.86. The van der Waals surface area contributed by atoms with Crippen molar-refractivity contribution in [2.24, 2.45) is 4.99 Å². The van der Waals surface area contributed by atoms with Crippen LogP contribution in [0.2, 0.25) is 0 Å². The summed E-state index contributed by atoms with van der Waals surface area (Å²) < 4.78 is 13.4. The Labute approximate surface area is 185 Å². The Morgan fingerprint density at radius 2 is 1.94 bits per heavy atom. The SMILES string of the molecule is Cc1cc([C@@H]2[C@H](c3ccccn3)N=C3S[C@H](C)CN32)c(C)n1-c1ccc2c(c1)OCO2. The van der Waals surface area contributed by atoms with Gasteiger partial charge in [0.25, 0.3) is 0 Å². The van der Waals surface area contributed by atoms with Crippen molar-refractivity contribution in [3.63, 3.8) is 0 Å². The second-order valence-corrected chi connectivity index (χ2v) is 9.74. The zero-order valence-corrected chi connectivity index (χ0v) is 18.6. The number of ether oxygens (including phenoxy) is 2. The van der Waals surface area contributed by atoms with Gasteiger partial charge in [-0.2, -0.15) is 0 Å². The van der Waals surface area contributed by atoms with Crippen LogP contribution < -0.4 is 9.47 Å². The van der Waals surface area contributed by atoms with E-state index in [2.05, 4.69) is 65.6 Å². The lowest BCUT2D eigenvalue weighted by Gasteiger charge is -2.27. The summed E-state index contributed by atoms with van der Waals surface area (Å²) in [4.78, 5) is 12.3. The molecule has 0 N–H and O–H groups in total. The Hall–Kier alpha value is -2.93. The van der Waals surface area contributed by atoms with E-state index in [-0.39, 0.29) is 18.9 Å². The number of rotatable bonds is 3. The topological polar surface area (TPSA) is 51.9 Å². The molecule has 1 fully saturated rings. The maximum Gasteiger partial charge on any atom is 0.231 e. The highest BCUT2D eigenvalue weighted by Crippen LogP contribution is 2.49. The zero-order valence-electron chi connectivity index (χ0n) is 17.8. The molecule has 3 atom stereocenters. The maximum atomic E-state index is 5.62. The Morgan fingerprint density at radius 3 is 2.77 bits per heavy atom. The van der Waals surface area contributed by atoms with Gasteiger partial charge in [-0.3, -0.25) is 9.98 Å². The average molecular weight is 433 g/mol. The van der Waals surface area contributed by atoms with Gasteiger partial charge in [0.05, 0.1) is 11.7 Å². The van der Waals surface area contributed by atoms with E-state index >= 15 is 0 Å². The fourth-order valence-corrected chi connectivity index (χ4v) is 6.06. The Balaban J connectivity index is 1.45. The molecule has 0 aliphatic carbocycles. The number of benzene rings is 1. The third-order valence-corrected chi connectivity index (χ3v) is 7.39. The van der Waals surface area contributed by atoms with Crippen molar-refractivity contribution in [2.75, 3.05) is 13.3 Å². The molecule has 0 saturated carbocycles. The quantitative estimate of drug-likeness (QED) is 0.595. The molecule has 0 bridgehead atoms. The summed E-state index contributed by atoms with van der Waals surface area (Å²) in [5, 5.41) is 1.68. The number of amidine groups is 1. The predicted molar refractivity (Wildman–Crippen MR) is 122 cm³/mol. The molecular formula is C24H24N4O2S. The molecule has 2 aromatic heterocycles. The van der Waals surface area contributed by atoms with Gasteiger partial charge in [0.15, 0.2) is 16.7 Å². The van der Waals surface area contributed by atoms with E-state index in [1.165, 1.54) is 17.0 Å². The van der Waals surface area contributed by atoms with E-state index in [9.17, 15) is 0 Å². The smallest absolute Gasteiger partial charge is 0.231 e. The molecule has 158 valence electrons. The van der Waals surface area contributed by atoms with Crippen molar-refractivity contribution in [3.8, 4) is 17.2 Å². The lowest BCUT2D eigenvalue weighted by molar-refractivity contribution is 0.174. The van der Waals surface area contributed by atoms with Crippen LogP contribution in [0.4, 0.5) is 0 Å². The minimum absolute atomic E-state index is 0.00176. The molecule has 0 amide bonds. The molecule has 1 aromatic carbocycles. The number of aryl methyl sites for hydroxylation is 1. The van der Waals surface area contributed by atoms with Gasteiger partial charge in [0.1, 0.15) is 6.04 Å². The lowest BCUT2D eigenvalue weighted by Crippen LogP contribution is -2.28. The number of thioether (sulfide) groups is 1. The molecule has 0 spiro atoms. The van der Waals surface area contributed by atoms with Gasteiger partial charge >= 0.3 is 0 Å². The van der Waals surface area contributed by atoms with Crippen LogP contribution >= 0.6 is 11.8 Å². The van der Waals surface area contributed by atoms with Crippen LogP contribution in [0.1, 0.15) is 41.7 Å². The highest BCUT2D eigenvalue weighted by atomic mass is 32.2. The molecule has 3 aromatic rings. The van der Waals surface area contributed by atoms with Gasteiger partial charge in [-0.25, -0.2) is 0 Å². The zero-order chi connectivity index (χ0) is 21.1. The highest BCUT2D eigenvalue weighted by molar-refractivity contribution is 8.14. The van der Waals surface area contributed by atoms with Crippen molar-refractivity contribution >= 4 is 16.9 Å². The first-order valence-electron chi connectivity index (χ1n) is 10.6. The van der Waals surface area contributed by atoms with Gasteiger partial charge in [-0.15, -0.1) is 0 Å². The van der Waals surface area contributed by atoms with Gasteiger partial charge in [0, 0.05) is 41.1 Å². The van der Waals surface area contributed by atoms with E-state index in [1.54, 1.807) is 0 Å². The van der Waals surface area contributed by atoms with Gasteiger partial charge in [-0.05, 0) is 49.7 Å². The highest BCUT2D eigenvalue weighted by Gasteiger charge is 2.44. The Bertz CT molecular complexity index is 1190. The molecule has 6 nitrogen and oxygen atoms in total. The summed E-state index contributed by atoms with van der Waals surface area (Å²) in [6.45, 7) is 7.92. The summed E-state index contributed by atoms with van der Waals surface area (Å²) in [6, 6.07) is 14.7. The molecule has 5 heterocycles. The molecule has 0 unspecified atom stereocenters. The van der Waals surface area contributed by atoms with E-state index in [4.69, 9.17) is 14.5 Å². The van der Waals surface area contributed by atoms with Crippen LogP contribution in [-0.2, 0) is 0 Å². The Kier molecular flexibility index (Phi) is 4.28. The largest absolute Gasteiger partial charge is 0.454 e. The standard InChI is InChI=1S/C24H24N4O2S/c1-14-10-18(16(3)28(14)17-7-8-20-21(11-17)30-13-29-20)23-22(19-6-4-5-9-25-19)26-24-27(23)12-15(2)31-24/h4-11,15,22-23H,12-13H2,1-3H3/t15-,22+,23-/m1/s1. The first-order chi connectivity index (χ1) is 15.1.